The molecule has 0 aliphatic rings. The van der Waals surface area contributed by atoms with Crippen LogP contribution < -0.4 is 16.0 Å². The number of nitrogens with two attached hydrogens (primary N) is 1. The Balaban J connectivity index is 2.84. The van der Waals surface area contributed by atoms with Gasteiger partial charge in [0.1, 0.15) is 11.9 Å². The summed E-state index contributed by atoms with van der Waals surface area (Å²) in [6.07, 6.45) is 1.68. The molecule has 0 fully saturated rings. The molecule has 0 saturated heterocycles. The van der Waals surface area contributed by atoms with Gasteiger partial charge in [0, 0.05) is 14.1 Å². The van der Waals surface area contributed by atoms with Crippen molar-refractivity contribution in [2.75, 3.05) is 31.8 Å². The number of ether oxygens (including phenoxy) is 1. The number of nitrogens with zero attached hydrogens (tertiary/aromatic N) is 4. The van der Waals surface area contributed by atoms with Crippen molar-refractivity contribution < 1.29 is 9.53 Å². The zero-order valence-electron chi connectivity index (χ0n) is 12.8. The topological polar surface area (TPSA) is 106 Å². The molecule has 8 heteroatoms. The summed E-state index contributed by atoms with van der Waals surface area (Å²) in [6.45, 7) is 5.83. The van der Waals surface area contributed by atoms with Crippen molar-refractivity contribution >= 4 is 17.9 Å². The second-order valence-electron chi connectivity index (χ2n) is 4.78. The zero-order valence-corrected chi connectivity index (χ0v) is 12.8. The lowest BCUT2D eigenvalue weighted by Crippen LogP contribution is -2.42. The summed E-state index contributed by atoms with van der Waals surface area (Å²) in [5.74, 6) is 0.598. The Hall–Kier alpha value is -2.22. The Labute approximate surface area is 124 Å². The van der Waals surface area contributed by atoms with Crippen LogP contribution in [0.3, 0.4) is 0 Å². The van der Waals surface area contributed by atoms with E-state index < -0.39 is 6.04 Å². The number of carbonyl (C=O) groups is 1. The molecule has 1 heterocycles. The average Bonchev–Trinajstić information content (AvgIpc) is 2.46. The molecule has 1 rings (SSSR count). The van der Waals surface area contributed by atoms with Gasteiger partial charge in [-0.05, 0) is 5.92 Å². The summed E-state index contributed by atoms with van der Waals surface area (Å²) in [5.41, 5.74) is 5.65. The molecule has 0 unspecified atom stereocenters. The van der Waals surface area contributed by atoms with E-state index in [1.165, 1.54) is 7.11 Å². The highest BCUT2D eigenvalue weighted by molar-refractivity contribution is 5.76. The van der Waals surface area contributed by atoms with Crippen LogP contribution in [-0.2, 0) is 16.1 Å². The number of nitrogens with one attached hydrogen (secondary N) is 1. The van der Waals surface area contributed by atoms with Gasteiger partial charge in [-0.25, -0.2) is 0 Å². The van der Waals surface area contributed by atoms with Crippen molar-refractivity contribution in [3.63, 3.8) is 0 Å². The van der Waals surface area contributed by atoms with Crippen LogP contribution in [0.1, 0.15) is 12.7 Å². The molecule has 2 atom stereocenters. The third-order valence-corrected chi connectivity index (χ3v) is 2.92. The fourth-order valence-corrected chi connectivity index (χ4v) is 1.65. The molecule has 0 bridgehead atoms. The van der Waals surface area contributed by atoms with E-state index in [9.17, 15) is 4.79 Å². The molecule has 21 heavy (non-hydrogen) atoms. The second-order valence-corrected chi connectivity index (χ2v) is 4.78. The van der Waals surface area contributed by atoms with Crippen molar-refractivity contribution in [1.82, 2.24) is 20.3 Å². The number of esters is 1. The Kier molecular flexibility index (Phi) is 6.04. The Morgan fingerprint density at radius 3 is 2.67 bits per heavy atom. The number of aromatic nitrogens is 3. The van der Waals surface area contributed by atoms with Gasteiger partial charge in [0.15, 0.2) is 0 Å². The quantitative estimate of drug-likeness (QED) is 0.533. The fourth-order valence-electron chi connectivity index (χ4n) is 1.65. The van der Waals surface area contributed by atoms with Gasteiger partial charge >= 0.3 is 5.97 Å². The molecule has 8 nitrogen and oxygen atoms in total. The largest absolute Gasteiger partial charge is 0.468 e. The van der Waals surface area contributed by atoms with E-state index in [-0.39, 0.29) is 24.4 Å². The van der Waals surface area contributed by atoms with Gasteiger partial charge in [0.25, 0.3) is 0 Å². The summed E-state index contributed by atoms with van der Waals surface area (Å²) < 4.78 is 4.77. The van der Waals surface area contributed by atoms with E-state index in [2.05, 4.69) is 26.8 Å². The van der Waals surface area contributed by atoms with E-state index in [0.29, 0.717) is 11.8 Å². The van der Waals surface area contributed by atoms with Crippen LogP contribution in [0.5, 0.6) is 0 Å². The van der Waals surface area contributed by atoms with Gasteiger partial charge < -0.3 is 15.4 Å². The number of hydrogen-bond acceptors (Lipinski definition) is 8. The van der Waals surface area contributed by atoms with Crippen LogP contribution >= 0.6 is 0 Å². The molecular formula is C13H22N6O2. The Morgan fingerprint density at radius 1 is 1.48 bits per heavy atom. The molecular weight excluding hydrogens is 272 g/mol. The maximum Gasteiger partial charge on any atom is 0.323 e. The van der Waals surface area contributed by atoms with Crippen molar-refractivity contribution in [3.05, 3.63) is 18.5 Å². The molecule has 1 aromatic rings. The summed E-state index contributed by atoms with van der Waals surface area (Å²) in [6, 6.07) is -0.520. The summed E-state index contributed by atoms with van der Waals surface area (Å²) in [7, 11) is 4.96. The van der Waals surface area contributed by atoms with Gasteiger partial charge in [0.05, 0.1) is 13.7 Å². The highest BCUT2D eigenvalue weighted by Crippen LogP contribution is 2.09. The molecule has 116 valence electrons. The van der Waals surface area contributed by atoms with Gasteiger partial charge in [-0.15, -0.1) is 6.58 Å². The number of methoxy groups -OCH3 is 1. The molecule has 0 radical (unpaired) electrons. The number of nitrogen functional groups attached to an aromatic ring is 1. The van der Waals surface area contributed by atoms with E-state index in [1.807, 2.05) is 21.0 Å². The minimum Gasteiger partial charge on any atom is -0.468 e. The van der Waals surface area contributed by atoms with Gasteiger partial charge in [-0.3, -0.25) is 10.1 Å². The average molecular weight is 294 g/mol. The SMILES string of the molecule is C=C[C@H](C)[C@H](NCc1nc(N)nc(N(C)C)n1)C(=O)OC. The van der Waals surface area contributed by atoms with Crippen LogP contribution in [0.4, 0.5) is 11.9 Å². The summed E-state index contributed by atoms with van der Waals surface area (Å²) in [4.78, 5) is 25.8. The lowest BCUT2D eigenvalue weighted by atomic mass is 10.0. The van der Waals surface area contributed by atoms with Gasteiger partial charge in [-0.1, -0.05) is 13.0 Å². The van der Waals surface area contributed by atoms with Crippen LogP contribution in [0, 0.1) is 5.92 Å². The molecule has 0 amide bonds. The van der Waals surface area contributed by atoms with Crippen LogP contribution in [0.15, 0.2) is 12.7 Å². The molecule has 0 spiro atoms. The minimum absolute atomic E-state index is 0.0926. The minimum atomic E-state index is -0.520. The van der Waals surface area contributed by atoms with Crippen LogP contribution in [0.25, 0.3) is 0 Å². The first-order chi connectivity index (χ1) is 9.88. The van der Waals surface area contributed by atoms with Crippen molar-refractivity contribution in [3.8, 4) is 0 Å². The smallest absolute Gasteiger partial charge is 0.323 e. The van der Waals surface area contributed by atoms with Gasteiger partial charge in [-0.2, -0.15) is 15.0 Å². The highest BCUT2D eigenvalue weighted by Gasteiger charge is 2.23. The van der Waals surface area contributed by atoms with Crippen molar-refractivity contribution in [1.29, 1.82) is 0 Å². The molecule has 1 aromatic heterocycles. The lowest BCUT2D eigenvalue weighted by Gasteiger charge is -2.20. The first-order valence-electron chi connectivity index (χ1n) is 6.50. The molecule has 3 N–H and O–H groups in total. The van der Waals surface area contributed by atoms with Crippen LogP contribution in [0.2, 0.25) is 0 Å². The first kappa shape index (κ1) is 16.8. The maximum absolute atomic E-state index is 11.8. The van der Waals surface area contributed by atoms with Gasteiger partial charge in [0.2, 0.25) is 11.9 Å². The summed E-state index contributed by atoms with van der Waals surface area (Å²) >= 11 is 0. The lowest BCUT2D eigenvalue weighted by molar-refractivity contribution is -0.144. The summed E-state index contributed by atoms with van der Waals surface area (Å²) in [5, 5.41) is 3.06. The predicted octanol–water partition coefficient (Wildman–Crippen LogP) is -0.0269. The number of anilines is 2. The second kappa shape index (κ2) is 7.53. The fraction of sp³-hybridized carbons (Fsp3) is 0.538. The van der Waals surface area contributed by atoms with Crippen molar-refractivity contribution in [2.45, 2.75) is 19.5 Å². The van der Waals surface area contributed by atoms with E-state index in [1.54, 1.807) is 11.0 Å². The van der Waals surface area contributed by atoms with Crippen LogP contribution in [-0.4, -0.2) is 48.2 Å². The van der Waals surface area contributed by atoms with Crippen molar-refractivity contribution in [2.24, 2.45) is 5.92 Å². The Bertz CT molecular complexity index is 505. The van der Waals surface area contributed by atoms with E-state index >= 15 is 0 Å². The number of rotatable bonds is 7. The molecule has 0 aliphatic carbocycles. The first-order valence-corrected chi connectivity index (χ1v) is 6.50. The molecule has 0 saturated carbocycles. The monoisotopic (exact) mass is 294 g/mol. The van der Waals surface area contributed by atoms with E-state index in [4.69, 9.17) is 10.5 Å². The number of hydrogen-bond donors (Lipinski definition) is 2. The predicted molar refractivity (Wildman–Crippen MR) is 80.6 cm³/mol. The maximum atomic E-state index is 11.8. The zero-order chi connectivity index (χ0) is 16.0. The third-order valence-electron chi connectivity index (χ3n) is 2.92. The standard InChI is InChI=1S/C13H22N6O2/c1-6-8(2)10(11(20)21-5)15-7-9-16-12(14)18-13(17-9)19(3)4/h6,8,10,15H,1,7H2,2-5H3,(H2,14,16,17,18)/t8-,10-/m0/s1. The molecule has 0 aromatic carbocycles. The third kappa shape index (κ3) is 4.67. The van der Waals surface area contributed by atoms with E-state index in [0.717, 1.165) is 0 Å². The molecule has 0 aliphatic heterocycles. The number of carbonyl (C=O) groups excluding carboxylic acids is 1. The Morgan fingerprint density at radius 2 is 2.14 bits per heavy atom. The highest BCUT2D eigenvalue weighted by atomic mass is 16.5. The normalized spacial score (nSPS) is 13.3.